The summed E-state index contributed by atoms with van der Waals surface area (Å²) in [5, 5.41) is 12.4. The summed E-state index contributed by atoms with van der Waals surface area (Å²) in [4.78, 5) is 18.6. The summed E-state index contributed by atoms with van der Waals surface area (Å²) in [7, 11) is 0. The van der Waals surface area contributed by atoms with Crippen LogP contribution in [0.5, 0.6) is 0 Å². The molecule has 0 saturated carbocycles. The lowest BCUT2D eigenvalue weighted by atomic mass is 10.2. The van der Waals surface area contributed by atoms with E-state index in [1.54, 1.807) is 9.58 Å². The molecule has 1 atom stereocenters. The van der Waals surface area contributed by atoms with E-state index in [0.717, 1.165) is 24.1 Å². The second-order valence-electron chi connectivity index (χ2n) is 8.05. The number of likely N-dealkylation sites (tertiary alicyclic amines) is 1. The molecule has 1 unspecified atom stereocenters. The fraction of sp³-hybridized carbons (Fsp3) is 0.450. The highest BCUT2D eigenvalue weighted by atomic mass is 16.6. The molecule has 3 aromatic rings. The minimum Gasteiger partial charge on any atom is -0.444 e. The van der Waals surface area contributed by atoms with Crippen LogP contribution in [0.3, 0.4) is 0 Å². The van der Waals surface area contributed by atoms with E-state index in [0.29, 0.717) is 24.8 Å². The maximum Gasteiger partial charge on any atom is 0.410 e. The Hall–Kier alpha value is -3.23. The molecule has 29 heavy (non-hydrogen) atoms. The average Bonchev–Trinajstić information content (AvgIpc) is 3.42. The summed E-state index contributed by atoms with van der Waals surface area (Å²) < 4.78 is 12.5. The van der Waals surface area contributed by atoms with Gasteiger partial charge in [-0.05, 0) is 33.6 Å². The number of ether oxygens (including phenoxy) is 1. The van der Waals surface area contributed by atoms with E-state index in [4.69, 9.17) is 9.26 Å². The minimum atomic E-state index is -0.545. The quantitative estimate of drug-likeness (QED) is 0.666. The molecule has 0 aliphatic carbocycles. The van der Waals surface area contributed by atoms with Crippen molar-refractivity contribution in [3.05, 3.63) is 48.2 Å². The first-order valence-corrected chi connectivity index (χ1v) is 9.67. The van der Waals surface area contributed by atoms with Crippen molar-refractivity contribution in [2.24, 2.45) is 0 Å². The predicted molar refractivity (Wildman–Crippen MR) is 104 cm³/mol. The molecule has 2 aromatic heterocycles. The van der Waals surface area contributed by atoms with Crippen LogP contribution in [0.4, 0.5) is 4.79 Å². The zero-order chi connectivity index (χ0) is 20.4. The zero-order valence-corrected chi connectivity index (χ0v) is 16.8. The normalized spacial score (nSPS) is 16.9. The van der Waals surface area contributed by atoms with Gasteiger partial charge in [0.15, 0.2) is 5.82 Å². The Balaban J connectivity index is 1.44. The molecule has 1 aromatic carbocycles. The molecule has 0 N–H and O–H groups in total. The highest BCUT2D eigenvalue weighted by Gasteiger charge is 2.36. The molecule has 1 aliphatic rings. The molecule has 1 saturated heterocycles. The lowest BCUT2D eigenvalue weighted by Gasteiger charge is -2.27. The van der Waals surface area contributed by atoms with Gasteiger partial charge in [-0.2, -0.15) is 4.98 Å². The molecule has 152 valence electrons. The van der Waals surface area contributed by atoms with E-state index in [2.05, 4.69) is 20.5 Å². The van der Waals surface area contributed by atoms with Crippen molar-refractivity contribution in [3.8, 4) is 11.3 Å². The molecule has 4 rings (SSSR count). The highest BCUT2D eigenvalue weighted by molar-refractivity contribution is 5.69. The van der Waals surface area contributed by atoms with E-state index in [9.17, 15) is 4.79 Å². The van der Waals surface area contributed by atoms with E-state index >= 15 is 0 Å². The van der Waals surface area contributed by atoms with Crippen LogP contribution < -0.4 is 0 Å². The Labute approximate surface area is 168 Å². The van der Waals surface area contributed by atoms with Crippen molar-refractivity contribution in [1.82, 2.24) is 30.0 Å². The van der Waals surface area contributed by atoms with Crippen LogP contribution in [0.2, 0.25) is 0 Å². The van der Waals surface area contributed by atoms with Gasteiger partial charge in [0.1, 0.15) is 17.8 Å². The largest absolute Gasteiger partial charge is 0.444 e. The molecule has 1 aliphatic heterocycles. The van der Waals surface area contributed by atoms with Crippen LogP contribution in [0, 0.1) is 0 Å². The van der Waals surface area contributed by atoms with E-state index in [1.165, 1.54) is 0 Å². The van der Waals surface area contributed by atoms with Gasteiger partial charge < -0.3 is 9.26 Å². The molecular weight excluding hydrogens is 372 g/mol. The lowest BCUT2D eigenvalue weighted by Crippen LogP contribution is -2.36. The Morgan fingerprint density at radius 1 is 1.28 bits per heavy atom. The van der Waals surface area contributed by atoms with Gasteiger partial charge in [0, 0.05) is 12.1 Å². The van der Waals surface area contributed by atoms with Crippen LogP contribution in [-0.2, 0) is 11.3 Å². The number of amides is 1. The van der Waals surface area contributed by atoms with Crippen LogP contribution >= 0.6 is 0 Å². The Morgan fingerprint density at radius 2 is 2.07 bits per heavy atom. The monoisotopic (exact) mass is 396 g/mol. The van der Waals surface area contributed by atoms with Crippen molar-refractivity contribution >= 4 is 6.09 Å². The third kappa shape index (κ3) is 4.44. The van der Waals surface area contributed by atoms with E-state index < -0.39 is 5.60 Å². The maximum absolute atomic E-state index is 12.5. The van der Waals surface area contributed by atoms with Crippen molar-refractivity contribution in [2.45, 2.75) is 51.8 Å². The first-order chi connectivity index (χ1) is 13.9. The molecular formula is C20H24N6O3. The number of hydrogen-bond acceptors (Lipinski definition) is 7. The standard InChI is InChI=1S/C20H24N6O3/c1-20(2,3)28-19(27)26-11-7-10-16(26)18-21-17(29-23-18)13-25-12-15(22-24-25)14-8-5-4-6-9-14/h4-6,8-9,12,16H,7,10-11,13H2,1-3H3. The Morgan fingerprint density at radius 3 is 2.83 bits per heavy atom. The van der Waals surface area contributed by atoms with Gasteiger partial charge >= 0.3 is 6.09 Å². The first kappa shape index (κ1) is 19.1. The predicted octanol–water partition coefficient (Wildman–Crippen LogP) is 3.45. The highest BCUT2D eigenvalue weighted by Crippen LogP contribution is 2.31. The van der Waals surface area contributed by atoms with Gasteiger partial charge in [-0.25, -0.2) is 9.48 Å². The van der Waals surface area contributed by atoms with Crippen molar-refractivity contribution in [2.75, 3.05) is 6.54 Å². The van der Waals surface area contributed by atoms with Gasteiger partial charge in [0.25, 0.3) is 0 Å². The lowest BCUT2D eigenvalue weighted by molar-refractivity contribution is 0.0217. The Kier molecular flexibility index (Phi) is 5.04. The molecule has 9 heteroatoms. The number of aromatic nitrogens is 5. The van der Waals surface area contributed by atoms with Gasteiger partial charge in [0.2, 0.25) is 5.89 Å². The SMILES string of the molecule is CC(C)(C)OC(=O)N1CCCC1c1noc(Cn2cc(-c3ccccc3)nn2)n1. The number of nitrogens with zero attached hydrogens (tertiary/aromatic N) is 6. The number of hydrogen-bond donors (Lipinski definition) is 0. The summed E-state index contributed by atoms with van der Waals surface area (Å²) in [6.07, 6.45) is 3.13. The molecule has 9 nitrogen and oxygen atoms in total. The number of benzene rings is 1. The summed E-state index contributed by atoms with van der Waals surface area (Å²) in [5.41, 5.74) is 1.22. The van der Waals surface area contributed by atoms with Crippen molar-refractivity contribution < 1.29 is 14.1 Å². The second kappa shape index (κ2) is 7.65. The smallest absolute Gasteiger partial charge is 0.410 e. The van der Waals surface area contributed by atoms with Gasteiger partial charge in [0.05, 0.1) is 12.2 Å². The van der Waals surface area contributed by atoms with Gasteiger partial charge in [-0.1, -0.05) is 40.7 Å². The van der Waals surface area contributed by atoms with Crippen molar-refractivity contribution in [3.63, 3.8) is 0 Å². The Bertz CT molecular complexity index is 976. The van der Waals surface area contributed by atoms with Crippen LogP contribution in [-0.4, -0.2) is 48.3 Å². The molecule has 0 radical (unpaired) electrons. The van der Waals surface area contributed by atoms with Crippen molar-refractivity contribution in [1.29, 1.82) is 0 Å². The molecule has 0 spiro atoms. The fourth-order valence-electron chi connectivity index (χ4n) is 3.30. The van der Waals surface area contributed by atoms with Gasteiger partial charge in [-0.3, -0.25) is 4.90 Å². The zero-order valence-electron chi connectivity index (χ0n) is 16.8. The average molecular weight is 396 g/mol. The van der Waals surface area contributed by atoms with E-state index in [1.807, 2.05) is 57.3 Å². The summed E-state index contributed by atoms with van der Waals surface area (Å²) >= 11 is 0. The number of carbonyl (C=O) groups is 1. The molecule has 3 heterocycles. The first-order valence-electron chi connectivity index (χ1n) is 9.67. The molecule has 1 fully saturated rings. The molecule has 0 bridgehead atoms. The van der Waals surface area contributed by atoms with Crippen LogP contribution in [0.25, 0.3) is 11.3 Å². The summed E-state index contributed by atoms with van der Waals surface area (Å²) in [6, 6.07) is 9.58. The van der Waals surface area contributed by atoms with Gasteiger partial charge in [-0.15, -0.1) is 5.10 Å². The summed E-state index contributed by atoms with van der Waals surface area (Å²) in [6.45, 7) is 6.48. The second-order valence-corrected chi connectivity index (χ2v) is 8.05. The number of carbonyl (C=O) groups excluding carboxylic acids is 1. The van der Waals surface area contributed by atoms with Crippen LogP contribution in [0.1, 0.15) is 51.4 Å². The molecule has 1 amide bonds. The third-order valence-corrected chi connectivity index (χ3v) is 4.57. The summed E-state index contributed by atoms with van der Waals surface area (Å²) in [5.74, 6) is 0.910. The topological polar surface area (TPSA) is 99.2 Å². The minimum absolute atomic E-state index is 0.238. The van der Waals surface area contributed by atoms with E-state index in [-0.39, 0.29) is 12.1 Å². The van der Waals surface area contributed by atoms with Crippen LogP contribution in [0.15, 0.2) is 41.1 Å². The number of rotatable bonds is 4. The third-order valence-electron chi connectivity index (χ3n) is 4.57. The fourth-order valence-corrected chi connectivity index (χ4v) is 3.30. The maximum atomic E-state index is 12.5.